The van der Waals surface area contributed by atoms with Gasteiger partial charge in [-0.2, -0.15) is 0 Å². The van der Waals surface area contributed by atoms with E-state index in [1.165, 1.54) is 0 Å². The van der Waals surface area contributed by atoms with E-state index in [9.17, 15) is 4.79 Å². The second-order valence-corrected chi connectivity index (χ2v) is 7.29. The summed E-state index contributed by atoms with van der Waals surface area (Å²) in [7, 11) is 0. The molecular formula is C18H16BrN3OS. The molecule has 0 aliphatic rings. The number of carbonyl (C=O) groups excluding carboxylic acids is 1. The Morgan fingerprint density at radius 3 is 2.58 bits per heavy atom. The van der Waals surface area contributed by atoms with E-state index in [2.05, 4.69) is 25.9 Å². The highest BCUT2D eigenvalue weighted by atomic mass is 79.9. The number of aryl methyl sites for hydroxylation is 1. The van der Waals surface area contributed by atoms with E-state index in [0.717, 1.165) is 26.6 Å². The van der Waals surface area contributed by atoms with Crippen molar-refractivity contribution in [2.24, 2.45) is 0 Å². The summed E-state index contributed by atoms with van der Waals surface area (Å²) in [4.78, 5) is 23.4. The summed E-state index contributed by atoms with van der Waals surface area (Å²) < 4.78 is 0.978. The van der Waals surface area contributed by atoms with E-state index < -0.39 is 0 Å². The molecule has 0 saturated carbocycles. The number of carbonyl (C=O) groups is 1. The average molecular weight is 402 g/mol. The second-order valence-electron chi connectivity index (χ2n) is 5.31. The molecule has 2 heterocycles. The molecule has 3 rings (SSSR count). The third-order valence-corrected chi connectivity index (χ3v) is 4.84. The molecule has 122 valence electrons. The van der Waals surface area contributed by atoms with Gasteiger partial charge in [-0.05, 0) is 43.3 Å². The van der Waals surface area contributed by atoms with Crippen molar-refractivity contribution in [3.63, 3.8) is 0 Å². The zero-order chi connectivity index (χ0) is 16.9. The van der Waals surface area contributed by atoms with Crippen LogP contribution < -0.4 is 4.90 Å². The number of hydrogen-bond donors (Lipinski definition) is 0. The number of benzene rings is 1. The van der Waals surface area contributed by atoms with E-state index in [4.69, 9.17) is 0 Å². The first-order chi connectivity index (χ1) is 11.6. The number of rotatable bonds is 5. The Balaban J connectivity index is 1.85. The minimum Gasteiger partial charge on any atom is -0.306 e. The van der Waals surface area contributed by atoms with Gasteiger partial charge in [0.15, 0.2) is 0 Å². The van der Waals surface area contributed by atoms with Crippen molar-refractivity contribution >= 4 is 38.9 Å². The van der Waals surface area contributed by atoms with E-state index in [1.54, 1.807) is 22.4 Å². The first kappa shape index (κ1) is 16.8. The van der Waals surface area contributed by atoms with Gasteiger partial charge in [0.2, 0.25) is 5.91 Å². The number of halogens is 1. The number of nitrogens with zero attached hydrogens (tertiary/aromatic N) is 3. The lowest BCUT2D eigenvalue weighted by Crippen LogP contribution is -2.32. The van der Waals surface area contributed by atoms with Crippen molar-refractivity contribution in [3.8, 4) is 0 Å². The lowest BCUT2D eigenvalue weighted by molar-refractivity contribution is -0.118. The summed E-state index contributed by atoms with van der Waals surface area (Å²) in [6.07, 6.45) is 2.02. The molecule has 0 atom stereocenters. The maximum atomic E-state index is 12.9. The maximum absolute atomic E-state index is 12.9. The van der Waals surface area contributed by atoms with E-state index >= 15 is 0 Å². The summed E-state index contributed by atoms with van der Waals surface area (Å²) >= 11 is 4.99. The minimum atomic E-state index is 0.00766. The summed E-state index contributed by atoms with van der Waals surface area (Å²) in [6, 6.07) is 13.4. The van der Waals surface area contributed by atoms with Crippen LogP contribution in [0.25, 0.3) is 0 Å². The molecule has 4 nitrogen and oxygen atoms in total. The number of amides is 1. The summed E-state index contributed by atoms with van der Waals surface area (Å²) in [5.74, 6) is 0.00766. The van der Waals surface area contributed by atoms with Crippen molar-refractivity contribution in [1.82, 2.24) is 9.97 Å². The van der Waals surface area contributed by atoms with Gasteiger partial charge >= 0.3 is 0 Å². The number of anilines is 1. The summed E-state index contributed by atoms with van der Waals surface area (Å²) in [6.45, 7) is 2.38. The van der Waals surface area contributed by atoms with Crippen LogP contribution in [0.2, 0.25) is 0 Å². The molecule has 0 aliphatic heterocycles. The highest BCUT2D eigenvalue weighted by molar-refractivity contribution is 9.10. The van der Waals surface area contributed by atoms with Crippen LogP contribution in [-0.4, -0.2) is 15.9 Å². The topological polar surface area (TPSA) is 46.1 Å². The number of thiazole rings is 1. The first-order valence-electron chi connectivity index (χ1n) is 7.48. The molecule has 1 amide bonds. The van der Waals surface area contributed by atoms with Crippen LogP contribution in [-0.2, 0) is 17.8 Å². The smallest absolute Gasteiger partial charge is 0.233 e. The van der Waals surface area contributed by atoms with Gasteiger partial charge in [-0.3, -0.25) is 9.78 Å². The van der Waals surface area contributed by atoms with E-state index in [-0.39, 0.29) is 12.3 Å². The molecule has 2 aromatic heterocycles. The molecule has 0 radical (unpaired) electrons. The third kappa shape index (κ3) is 4.27. The Morgan fingerprint density at radius 2 is 1.96 bits per heavy atom. The maximum Gasteiger partial charge on any atom is 0.233 e. The van der Waals surface area contributed by atoms with E-state index in [0.29, 0.717) is 6.54 Å². The predicted molar refractivity (Wildman–Crippen MR) is 100 cm³/mol. The van der Waals surface area contributed by atoms with Gasteiger partial charge in [0.25, 0.3) is 0 Å². The largest absolute Gasteiger partial charge is 0.306 e. The van der Waals surface area contributed by atoms with E-state index in [1.807, 2.05) is 54.8 Å². The van der Waals surface area contributed by atoms with Crippen molar-refractivity contribution in [3.05, 3.63) is 74.9 Å². The Hall–Kier alpha value is -2.05. The lowest BCUT2D eigenvalue weighted by Gasteiger charge is -2.22. The Bertz CT molecular complexity index is 818. The van der Waals surface area contributed by atoms with Crippen LogP contribution >= 0.6 is 27.3 Å². The average Bonchev–Trinajstić information content (AvgIpc) is 2.99. The second kappa shape index (κ2) is 7.68. The third-order valence-electron chi connectivity index (χ3n) is 3.48. The number of hydrogen-bond acceptors (Lipinski definition) is 4. The zero-order valence-corrected chi connectivity index (χ0v) is 15.5. The summed E-state index contributed by atoms with van der Waals surface area (Å²) in [5, 5.41) is 2.91. The molecule has 0 fully saturated rings. The Kier molecular flexibility index (Phi) is 5.37. The van der Waals surface area contributed by atoms with Crippen molar-refractivity contribution in [1.29, 1.82) is 0 Å². The van der Waals surface area contributed by atoms with Gasteiger partial charge in [0.05, 0.1) is 29.4 Å². The minimum absolute atomic E-state index is 0.00766. The summed E-state index contributed by atoms with van der Waals surface area (Å²) in [5.41, 5.74) is 2.51. The Labute approximate surface area is 153 Å². The highest BCUT2D eigenvalue weighted by Crippen LogP contribution is 2.21. The fourth-order valence-corrected chi connectivity index (χ4v) is 3.21. The normalized spacial score (nSPS) is 10.6. The van der Waals surface area contributed by atoms with Gasteiger partial charge in [0.1, 0.15) is 0 Å². The fraction of sp³-hybridized carbons (Fsp3) is 0.167. The van der Waals surface area contributed by atoms with Crippen LogP contribution in [0, 0.1) is 6.92 Å². The molecule has 1 aromatic carbocycles. The Morgan fingerprint density at radius 1 is 1.17 bits per heavy atom. The number of pyridine rings is 1. The first-order valence-corrected chi connectivity index (χ1v) is 9.16. The van der Waals surface area contributed by atoms with Crippen molar-refractivity contribution in [2.45, 2.75) is 19.9 Å². The molecule has 0 saturated heterocycles. The van der Waals surface area contributed by atoms with Gasteiger partial charge < -0.3 is 4.90 Å². The standard InChI is InChI=1S/C18H16BrN3OS/c1-13-21-16(12-24-13)10-18(23)22(11-15-4-2-3-9-20-15)17-7-5-14(19)6-8-17/h2-9,12H,10-11H2,1H3. The molecule has 0 spiro atoms. The predicted octanol–water partition coefficient (Wildman–Crippen LogP) is 4.38. The number of aromatic nitrogens is 2. The van der Waals surface area contributed by atoms with Gasteiger partial charge in [-0.1, -0.05) is 22.0 Å². The molecule has 3 aromatic rings. The van der Waals surface area contributed by atoms with Gasteiger partial charge in [-0.15, -0.1) is 11.3 Å². The molecule has 0 aliphatic carbocycles. The van der Waals surface area contributed by atoms with Crippen molar-refractivity contribution in [2.75, 3.05) is 4.90 Å². The zero-order valence-electron chi connectivity index (χ0n) is 13.1. The SMILES string of the molecule is Cc1nc(CC(=O)N(Cc2ccccn2)c2ccc(Br)cc2)cs1. The molecule has 0 unspecified atom stereocenters. The van der Waals surface area contributed by atoms with Gasteiger partial charge in [-0.25, -0.2) is 4.98 Å². The quantitative estimate of drug-likeness (QED) is 0.636. The monoisotopic (exact) mass is 401 g/mol. The van der Waals surface area contributed by atoms with Crippen LogP contribution in [0.5, 0.6) is 0 Å². The molecule has 0 bridgehead atoms. The van der Waals surface area contributed by atoms with Gasteiger partial charge in [0, 0.05) is 21.7 Å². The lowest BCUT2D eigenvalue weighted by atomic mass is 10.2. The molecule has 6 heteroatoms. The van der Waals surface area contributed by atoms with Crippen LogP contribution in [0.4, 0.5) is 5.69 Å². The fourth-order valence-electron chi connectivity index (χ4n) is 2.34. The highest BCUT2D eigenvalue weighted by Gasteiger charge is 2.18. The van der Waals surface area contributed by atoms with Crippen molar-refractivity contribution < 1.29 is 4.79 Å². The molecule has 24 heavy (non-hydrogen) atoms. The molecule has 0 N–H and O–H groups in total. The van der Waals surface area contributed by atoms with Crippen LogP contribution in [0.1, 0.15) is 16.4 Å². The van der Waals surface area contributed by atoms with Crippen LogP contribution in [0.3, 0.4) is 0 Å². The molecular weight excluding hydrogens is 386 g/mol. The van der Waals surface area contributed by atoms with Crippen LogP contribution in [0.15, 0.2) is 58.5 Å².